The molecule has 0 saturated carbocycles. The molecule has 7 heteroatoms. The van der Waals surface area contributed by atoms with Crippen LogP contribution in [-0.2, 0) is 16.4 Å². The molecule has 1 N–H and O–H groups in total. The first-order chi connectivity index (χ1) is 11.9. The second-order valence-electron chi connectivity index (χ2n) is 5.49. The number of benzene rings is 3. The lowest BCUT2D eigenvalue weighted by atomic mass is 10.1. The molecule has 0 spiro atoms. The summed E-state index contributed by atoms with van der Waals surface area (Å²) in [4.78, 5) is 0.171. The van der Waals surface area contributed by atoms with Crippen LogP contribution >= 0.6 is 34.8 Å². The number of sulfonamides is 1. The van der Waals surface area contributed by atoms with Gasteiger partial charge in [0.1, 0.15) is 0 Å². The molecule has 3 rings (SSSR count). The number of nitrogens with one attached hydrogen (secondary N) is 1. The van der Waals surface area contributed by atoms with E-state index in [1.807, 2.05) is 18.2 Å². The molecule has 0 amide bonds. The Bertz CT molecular complexity index is 1030. The van der Waals surface area contributed by atoms with Gasteiger partial charge < -0.3 is 0 Å². The predicted molar refractivity (Wildman–Crippen MR) is 104 cm³/mol. The van der Waals surface area contributed by atoms with Gasteiger partial charge in [-0.15, -0.1) is 0 Å². The van der Waals surface area contributed by atoms with E-state index in [9.17, 15) is 8.42 Å². The topological polar surface area (TPSA) is 46.2 Å². The van der Waals surface area contributed by atoms with Gasteiger partial charge in [-0.25, -0.2) is 13.1 Å². The number of fused-ring (bicyclic) bond motifs is 1. The van der Waals surface area contributed by atoms with E-state index < -0.39 is 10.0 Å². The van der Waals surface area contributed by atoms with Gasteiger partial charge in [-0.2, -0.15) is 0 Å². The van der Waals surface area contributed by atoms with E-state index in [1.165, 1.54) is 0 Å². The van der Waals surface area contributed by atoms with Crippen LogP contribution in [0.3, 0.4) is 0 Å². The third-order valence-electron chi connectivity index (χ3n) is 3.79. The molecular formula is C18H14Cl3NO2S. The van der Waals surface area contributed by atoms with E-state index in [-0.39, 0.29) is 11.4 Å². The SMILES string of the molecule is O=S(=O)(NCCc1ccc(Cl)c(Cl)c1)c1cccc2cccc(Cl)c12. The lowest BCUT2D eigenvalue weighted by Crippen LogP contribution is -2.26. The number of halogens is 3. The summed E-state index contributed by atoms with van der Waals surface area (Å²) in [6, 6.07) is 15.6. The van der Waals surface area contributed by atoms with Gasteiger partial charge >= 0.3 is 0 Å². The Morgan fingerprint density at radius 2 is 1.56 bits per heavy atom. The maximum absolute atomic E-state index is 12.7. The van der Waals surface area contributed by atoms with Gasteiger partial charge in [0.05, 0.1) is 14.9 Å². The molecule has 3 aromatic carbocycles. The van der Waals surface area contributed by atoms with Crippen molar-refractivity contribution in [1.82, 2.24) is 4.72 Å². The Morgan fingerprint density at radius 3 is 2.28 bits per heavy atom. The monoisotopic (exact) mass is 413 g/mol. The summed E-state index contributed by atoms with van der Waals surface area (Å²) >= 11 is 18.1. The Balaban J connectivity index is 1.82. The van der Waals surface area contributed by atoms with E-state index in [4.69, 9.17) is 34.8 Å². The predicted octanol–water partition coefficient (Wildman–Crippen LogP) is 5.32. The minimum absolute atomic E-state index is 0.171. The van der Waals surface area contributed by atoms with Crippen LogP contribution in [0, 0.1) is 0 Å². The molecule has 0 fully saturated rings. The van der Waals surface area contributed by atoms with Crippen molar-refractivity contribution in [1.29, 1.82) is 0 Å². The summed E-state index contributed by atoms with van der Waals surface area (Å²) in [6.45, 7) is 0.237. The Morgan fingerprint density at radius 1 is 0.840 bits per heavy atom. The highest BCUT2D eigenvalue weighted by Gasteiger charge is 2.18. The van der Waals surface area contributed by atoms with E-state index in [2.05, 4.69) is 4.72 Å². The molecule has 3 aromatic rings. The fourth-order valence-electron chi connectivity index (χ4n) is 2.59. The van der Waals surface area contributed by atoms with Gasteiger partial charge in [0, 0.05) is 17.0 Å². The van der Waals surface area contributed by atoms with Crippen molar-refractivity contribution in [3.05, 3.63) is 75.2 Å². The van der Waals surface area contributed by atoms with E-state index in [1.54, 1.807) is 36.4 Å². The van der Waals surface area contributed by atoms with Crippen LogP contribution in [-0.4, -0.2) is 15.0 Å². The van der Waals surface area contributed by atoms with Crippen molar-refractivity contribution >= 4 is 55.6 Å². The van der Waals surface area contributed by atoms with Crippen LogP contribution < -0.4 is 4.72 Å². The molecular weight excluding hydrogens is 401 g/mol. The van der Waals surface area contributed by atoms with Crippen LogP contribution in [0.4, 0.5) is 0 Å². The molecule has 0 aliphatic heterocycles. The van der Waals surface area contributed by atoms with Crippen LogP contribution in [0.15, 0.2) is 59.5 Å². The zero-order chi connectivity index (χ0) is 18.0. The Kier molecular flexibility index (Phi) is 5.56. The highest BCUT2D eigenvalue weighted by atomic mass is 35.5. The fraction of sp³-hybridized carbons (Fsp3) is 0.111. The highest BCUT2D eigenvalue weighted by Crippen LogP contribution is 2.29. The lowest BCUT2D eigenvalue weighted by molar-refractivity contribution is 0.582. The van der Waals surface area contributed by atoms with Crippen LogP contribution in [0.5, 0.6) is 0 Å². The largest absolute Gasteiger partial charge is 0.241 e. The van der Waals surface area contributed by atoms with Gasteiger partial charge in [-0.05, 0) is 41.6 Å². The standard InChI is InChI=1S/C18H14Cl3NO2S/c19-14-8-7-12(11-16(14)21)9-10-22-25(23,24)17-6-2-4-13-3-1-5-15(20)18(13)17/h1-8,11,22H,9-10H2. The van der Waals surface area contributed by atoms with E-state index >= 15 is 0 Å². The minimum atomic E-state index is -3.69. The number of hydrogen-bond donors (Lipinski definition) is 1. The smallest absolute Gasteiger partial charge is 0.211 e. The average molecular weight is 415 g/mol. The fourth-order valence-corrected chi connectivity index (χ4v) is 4.53. The van der Waals surface area contributed by atoms with Gasteiger partial charge in [0.25, 0.3) is 0 Å². The van der Waals surface area contributed by atoms with Crippen molar-refractivity contribution in [3.8, 4) is 0 Å². The van der Waals surface area contributed by atoms with E-state index in [0.717, 1.165) is 10.9 Å². The molecule has 0 aliphatic carbocycles. The van der Waals surface area contributed by atoms with Crippen molar-refractivity contribution in [2.45, 2.75) is 11.3 Å². The molecule has 3 nitrogen and oxygen atoms in total. The van der Waals surface area contributed by atoms with Gasteiger partial charge in [0.2, 0.25) is 10.0 Å². The molecule has 0 aliphatic rings. The molecule has 130 valence electrons. The Labute approximate surface area is 161 Å². The maximum atomic E-state index is 12.7. The van der Waals surface area contributed by atoms with Crippen LogP contribution in [0.1, 0.15) is 5.56 Å². The molecule has 0 unspecified atom stereocenters. The van der Waals surface area contributed by atoms with Crippen LogP contribution in [0.25, 0.3) is 10.8 Å². The third-order valence-corrected chi connectivity index (χ3v) is 6.35. The summed E-state index contributed by atoms with van der Waals surface area (Å²) in [7, 11) is -3.69. The Hall–Kier alpha value is -1.30. The van der Waals surface area contributed by atoms with Crippen LogP contribution in [0.2, 0.25) is 15.1 Å². The number of rotatable bonds is 5. The van der Waals surface area contributed by atoms with Gasteiger partial charge in [-0.3, -0.25) is 0 Å². The van der Waals surface area contributed by atoms with Crippen molar-refractivity contribution in [2.24, 2.45) is 0 Å². The molecule has 0 heterocycles. The lowest BCUT2D eigenvalue weighted by Gasteiger charge is -2.11. The number of hydrogen-bond acceptors (Lipinski definition) is 2. The molecule has 0 saturated heterocycles. The van der Waals surface area contributed by atoms with E-state index in [0.29, 0.717) is 26.9 Å². The van der Waals surface area contributed by atoms with Crippen molar-refractivity contribution in [2.75, 3.05) is 6.54 Å². The third kappa shape index (κ3) is 4.10. The first kappa shape index (κ1) is 18.5. The molecule has 0 bridgehead atoms. The maximum Gasteiger partial charge on any atom is 0.241 e. The molecule has 0 aromatic heterocycles. The average Bonchev–Trinajstić information content (AvgIpc) is 2.58. The minimum Gasteiger partial charge on any atom is -0.211 e. The second kappa shape index (κ2) is 7.52. The quantitative estimate of drug-likeness (QED) is 0.614. The normalized spacial score (nSPS) is 11.8. The van der Waals surface area contributed by atoms with Crippen molar-refractivity contribution in [3.63, 3.8) is 0 Å². The van der Waals surface area contributed by atoms with Gasteiger partial charge in [-0.1, -0.05) is 65.1 Å². The zero-order valence-electron chi connectivity index (χ0n) is 13.0. The second-order valence-corrected chi connectivity index (χ2v) is 8.45. The summed E-state index contributed by atoms with van der Waals surface area (Å²) < 4.78 is 28.0. The van der Waals surface area contributed by atoms with Gasteiger partial charge in [0.15, 0.2) is 0 Å². The summed E-state index contributed by atoms with van der Waals surface area (Å²) in [5.41, 5.74) is 0.896. The highest BCUT2D eigenvalue weighted by molar-refractivity contribution is 7.89. The summed E-state index contributed by atoms with van der Waals surface area (Å²) in [5.74, 6) is 0. The van der Waals surface area contributed by atoms with Crippen molar-refractivity contribution < 1.29 is 8.42 Å². The molecule has 25 heavy (non-hydrogen) atoms. The zero-order valence-corrected chi connectivity index (χ0v) is 16.1. The first-order valence-electron chi connectivity index (χ1n) is 7.49. The molecule has 0 atom stereocenters. The first-order valence-corrected chi connectivity index (χ1v) is 10.1. The summed E-state index contributed by atoms with van der Waals surface area (Å²) in [6.07, 6.45) is 0.495. The molecule has 0 radical (unpaired) electrons. The summed E-state index contributed by atoms with van der Waals surface area (Å²) in [5, 5.41) is 2.62.